The lowest BCUT2D eigenvalue weighted by Crippen LogP contribution is -2.32. The third-order valence-electron chi connectivity index (χ3n) is 3.74. The zero-order valence-corrected chi connectivity index (χ0v) is 11.5. The quantitative estimate of drug-likeness (QED) is 0.844. The van der Waals surface area contributed by atoms with Gasteiger partial charge in [0.05, 0.1) is 6.10 Å². The molecule has 1 aliphatic rings. The number of aliphatic hydroxyl groups is 1. The lowest BCUT2D eigenvalue weighted by atomic mass is 10.0. The summed E-state index contributed by atoms with van der Waals surface area (Å²) >= 11 is 1.82. The highest BCUT2D eigenvalue weighted by molar-refractivity contribution is 7.10. The van der Waals surface area contributed by atoms with E-state index in [1.165, 1.54) is 17.7 Å². The van der Waals surface area contributed by atoms with Crippen molar-refractivity contribution in [1.29, 1.82) is 0 Å². The maximum atomic E-state index is 9.83. The first kappa shape index (κ1) is 13.1. The summed E-state index contributed by atoms with van der Waals surface area (Å²) < 4.78 is 0. The van der Waals surface area contributed by atoms with Gasteiger partial charge in [-0.05, 0) is 36.1 Å². The fourth-order valence-electron chi connectivity index (χ4n) is 2.67. The molecule has 1 aromatic heterocycles. The maximum absolute atomic E-state index is 9.83. The van der Waals surface area contributed by atoms with Crippen molar-refractivity contribution < 1.29 is 5.11 Å². The summed E-state index contributed by atoms with van der Waals surface area (Å²) in [5, 5.41) is 15.6. The summed E-state index contributed by atoms with van der Waals surface area (Å²) in [6, 6.07) is 4.75. The first-order valence-electron chi connectivity index (χ1n) is 6.63. The summed E-state index contributed by atoms with van der Waals surface area (Å²) in [7, 11) is 0. The molecule has 0 aromatic carbocycles. The van der Waals surface area contributed by atoms with Gasteiger partial charge in [0.1, 0.15) is 0 Å². The minimum Gasteiger partial charge on any atom is -0.393 e. The van der Waals surface area contributed by atoms with Crippen LogP contribution in [0.3, 0.4) is 0 Å². The largest absolute Gasteiger partial charge is 0.393 e. The minimum absolute atomic E-state index is 0.0846. The van der Waals surface area contributed by atoms with E-state index in [1.54, 1.807) is 0 Å². The average molecular weight is 253 g/mol. The van der Waals surface area contributed by atoms with Gasteiger partial charge < -0.3 is 10.4 Å². The highest BCUT2D eigenvalue weighted by atomic mass is 32.1. The van der Waals surface area contributed by atoms with Gasteiger partial charge in [0.15, 0.2) is 0 Å². The molecular formula is C14H23NOS. The highest BCUT2D eigenvalue weighted by Gasteiger charge is 2.26. The molecule has 2 nitrogen and oxygen atoms in total. The molecule has 1 heterocycles. The van der Waals surface area contributed by atoms with E-state index < -0.39 is 0 Å². The van der Waals surface area contributed by atoms with Crippen LogP contribution in [0.25, 0.3) is 0 Å². The maximum Gasteiger partial charge on any atom is 0.0580 e. The molecule has 1 aromatic rings. The lowest BCUT2D eigenvalue weighted by molar-refractivity contribution is 0.128. The van der Waals surface area contributed by atoms with E-state index >= 15 is 0 Å². The molecule has 1 saturated carbocycles. The average Bonchev–Trinajstić information content (AvgIpc) is 2.91. The van der Waals surface area contributed by atoms with Gasteiger partial charge in [-0.3, -0.25) is 0 Å². The number of hydrogen-bond donors (Lipinski definition) is 2. The Bertz CT molecular complexity index is 323. The second-order valence-electron chi connectivity index (χ2n) is 5.40. The van der Waals surface area contributed by atoms with E-state index in [4.69, 9.17) is 0 Å². The standard InChI is InChI=1S/C14H23NOS/c1-10(2)14(13-7-4-8-17-13)15-9-11-5-3-6-12(11)16/h4,7-8,10-12,14-16H,3,5-6,9H2,1-2H3. The zero-order valence-electron chi connectivity index (χ0n) is 10.7. The number of hydrogen-bond acceptors (Lipinski definition) is 3. The summed E-state index contributed by atoms with van der Waals surface area (Å²) in [6.07, 6.45) is 3.25. The van der Waals surface area contributed by atoms with Crippen LogP contribution in [0.5, 0.6) is 0 Å². The molecule has 2 N–H and O–H groups in total. The molecule has 0 aliphatic heterocycles. The lowest BCUT2D eigenvalue weighted by Gasteiger charge is -2.24. The van der Waals surface area contributed by atoms with E-state index in [1.807, 2.05) is 11.3 Å². The van der Waals surface area contributed by atoms with Crippen molar-refractivity contribution in [3.8, 4) is 0 Å². The Morgan fingerprint density at radius 2 is 2.29 bits per heavy atom. The van der Waals surface area contributed by atoms with E-state index in [-0.39, 0.29) is 6.10 Å². The molecular weight excluding hydrogens is 230 g/mol. The molecule has 1 fully saturated rings. The van der Waals surface area contributed by atoms with Crippen molar-refractivity contribution in [3.63, 3.8) is 0 Å². The van der Waals surface area contributed by atoms with Crippen molar-refractivity contribution in [2.45, 2.75) is 45.3 Å². The number of thiophene rings is 1. The van der Waals surface area contributed by atoms with Crippen LogP contribution in [0.4, 0.5) is 0 Å². The Hall–Kier alpha value is -0.380. The molecule has 1 aliphatic carbocycles. The van der Waals surface area contributed by atoms with Gasteiger partial charge in [-0.2, -0.15) is 0 Å². The molecule has 3 unspecified atom stereocenters. The smallest absolute Gasteiger partial charge is 0.0580 e. The van der Waals surface area contributed by atoms with E-state index in [0.717, 1.165) is 13.0 Å². The first-order chi connectivity index (χ1) is 8.18. The van der Waals surface area contributed by atoms with E-state index in [2.05, 4.69) is 36.7 Å². The number of nitrogens with one attached hydrogen (secondary N) is 1. The topological polar surface area (TPSA) is 32.3 Å². The minimum atomic E-state index is -0.0846. The van der Waals surface area contributed by atoms with Crippen LogP contribution in [0.15, 0.2) is 17.5 Å². The molecule has 2 rings (SSSR count). The Labute approximate surface area is 108 Å². The van der Waals surface area contributed by atoms with Gasteiger partial charge in [-0.15, -0.1) is 11.3 Å². The van der Waals surface area contributed by atoms with Crippen molar-refractivity contribution >= 4 is 11.3 Å². The Kier molecular flexibility index (Phi) is 4.60. The van der Waals surface area contributed by atoms with Crippen LogP contribution in [-0.2, 0) is 0 Å². The Morgan fingerprint density at radius 1 is 1.47 bits per heavy atom. The fourth-order valence-corrected chi connectivity index (χ4v) is 3.64. The van der Waals surface area contributed by atoms with Crippen LogP contribution in [0.2, 0.25) is 0 Å². The summed E-state index contributed by atoms with van der Waals surface area (Å²) in [6.45, 7) is 5.45. The molecule has 17 heavy (non-hydrogen) atoms. The van der Waals surface area contributed by atoms with Gasteiger partial charge in [0.25, 0.3) is 0 Å². The Balaban J connectivity index is 1.90. The molecule has 0 radical (unpaired) electrons. The van der Waals surface area contributed by atoms with Gasteiger partial charge in [-0.1, -0.05) is 26.3 Å². The molecule has 0 saturated heterocycles. The van der Waals surface area contributed by atoms with E-state index in [0.29, 0.717) is 17.9 Å². The van der Waals surface area contributed by atoms with Crippen molar-refractivity contribution in [2.24, 2.45) is 11.8 Å². The predicted octanol–water partition coefficient (Wildman–Crippen LogP) is 3.20. The predicted molar refractivity (Wildman–Crippen MR) is 73.2 cm³/mol. The van der Waals surface area contributed by atoms with Crippen LogP contribution in [0, 0.1) is 11.8 Å². The zero-order chi connectivity index (χ0) is 12.3. The highest BCUT2D eigenvalue weighted by Crippen LogP contribution is 2.29. The second-order valence-corrected chi connectivity index (χ2v) is 6.38. The molecule has 0 bridgehead atoms. The van der Waals surface area contributed by atoms with Crippen LogP contribution < -0.4 is 5.32 Å². The van der Waals surface area contributed by atoms with Crippen molar-refractivity contribution in [1.82, 2.24) is 5.32 Å². The number of rotatable bonds is 5. The van der Waals surface area contributed by atoms with Gasteiger partial charge in [0.2, 0.25) is 0 Å². The fraction of sp³-hybridized carbons (Fsp3) is 0.714. The van der Waals surface area contributed by atoms with Crippen molar-refractivity contribution in [2.75, 3.05) is 6.54 Å². The SMILES string of the molecule is CC(C)C(NCC1CCCC1O)c1cccs1. The van der Waals surface area contributed by atoms with Gasteiger partial charge in [0, 0.05) is 17.5 Å². The van der Waals surface area contributed by atoms with Crippen LogP contribution in [-0.4, -0.2) is 17.8 Å². The first-order valence-corrected chi connectivity index (χ1v) is 7.51. The van der Waals surface area contributed by atoms with Crippen LogP contribution in [0.1, 0.15) is 44.0 Å². The second kappa shape index (κ2) is 5.98. The Morgan fingerprint density at radius 3 is 2.82 bits per heavy atom. The number of aliphatic hydroxyl groups excluding tert-OH is 1. The summed E-state index contributed by atoms with van der Waals surface area (Å²) in [5.74, 6) is 1.04. The normalized spacial score (nSPS) is 26.6. The monoisotopic (exact) mass is 253 g/mol. The molecule has 96 valence electrons. The molecule has 0 amide bonds. The molecule has 3 heteroatoms. The van der Waals surface area contributed by atoms with Gasteiger partial charge in [-0.25, -0.2) is 0 Å². The third kappa shape index (κ3) is 3.30. The molecule has 3 atom stereocenters. The van der Waals surface area contributed by atoms with Crippen LogP contribution >= 0.6 is 11.3 Å². The third-order valence-corrected chi connectivity index (χ3v) is 4.69. The molecule has 0 spiro atoms. The van der Waals surface area contributed by atoms with Crippen molar-refractivity contribution in [3.05, 3.63) is 22.4 Å². The van der Waals surface area contributed by atoms with E-state index in [9.17, 15) is 5.11 Å². The summed E-state index contributed by atoms with van der Waals surface area (Å²) in [5.41, 5.74) is 0. The summed E-state index contributed by atoms with van der Waals surface area (Å²) in [4.78, 5) is 1.41. The van der Waals surface area contributed by atoms with Gasteiger partial charge >= 0.3 is 0 Å².